The zero-order valence-corrected chi connectivity index (χ0v) is 14.8. The molecule has 1 unspecified atom stereocenters. The number of hydrogen-bond acceptors (Lipinski definition) is 4. The van der Waals surface area contributed by atoms with Gasteiger partial charge in [0.05, 0.1) is 5.56 Å². The van der Waals surface area contributed by atoms with E-state index in [1.54, 1.807) is 0 Å². The molecule has 1 atom stereocenters. The average Bonchev–Trinajstić information content (AvgIpc) is 2.96. The molecule has 0 radical (unpaired) electrons. The maximum Gasteiger partial charge on any atom is 0.335 e. The number of aromatic carboxylic acids is 1. The lowest BCUT2D eigenvalue weighted by atomic mass is 10.1. The summed E-state index contributed by atoms with van der Waals surface area (Å²) in [6, 6.07) is 12.1. The molecule has 1 amide bonds. The highest BCUT2D eigenvalue weighted by molar-refractivity contribution is 5.89. The lowest BCUT2D eigenvalue weighted by Crippen LogP contribution is -2.35. The summed E-state index contributed by atoms with van der Waals surface area (Å²) in [4.78, 5) is 23.3. The van der Waals surface area contributed by atoms with Crippen molar-refractivity contribution in [1.82, 2.24) is 9.88 Å². The van der Waals surface area contributed by atoms with E-state index in [0.717, 1.165) is 16.5 Å². The number of fused-ring (bicyclic) bond motifs is 1. The number of hydrogen-bond donors (Lipinski definition) is 4. The number of aromatic nitrogens is 1. The zero-order chi connectivity index (χ0) is 19.6. The summed E-state index contributed by atoms with van der Waals surface area (Å²) in [6.45, 7) is 0.0401. The third-order valence-corrected chi connectivity index (χ3v) is 4.54. The van der Waals surface area contributed by atoms with Gasteiger partial charge in [-0.1, -0.05) is 18.2 Å². The van der Waals surface area contributed by atoms with Gasteiger partial charge in [-0.2, -0.15) is 0 Å². The number of amides is 1. The van der Waals surface area contributed by atoms with Gasteiger partial charge in [-0.3, -0.25) is 4.79 Å². The van der Waals surface area contributed by atoms with E-state index in [2.05, 4.69) is 5.32 Å². The topological polar surface area (TPSA) is 118 Å². The van der Waals surface area contributed by atoms with Crippen molar-refractivity contribution in [1.29, 1.82) is 0 Å². The highest BCUT2D eigenvalue weighted by Gasteiger charge is 2.18. The van der Waals surface area contributed by atoms with Crippen LogP contribution in [0, 0.1) is 0 Å². The Bertz CT molecular complexity index is 1010. The van der Waals surface area contributed by atoms with Crippen LogP contribution in [0.2, 0.25) is 0 Å². The second-order valence-corrected chi connectivity index (χ2v) is 6.44. The molecule has 27 heavy (non-hydrogen) atoms. The van der Waals surface area contributed by atoms with Gasteiger partial charge in [0, 0.05) is 42.8 Å². The molecule has 7 nitrogen and oxygen atoms in total. The van der Waals surface area contributed by atoms with Gasteiger partial charge >= 0.3 is 5.97 Å². The number of aliphatic hydroxyl groups is 1. The van der Waals surface area contributed by atoms with E-state index in [9.17, 15) is 14.7 Å². The molecule has 5 N–H and O–H groups in total. The zero-order valence-electron chi connectivity index (χ0n) is 14.8. The molecule has 7 heteroatoms. The lowest BCUT2D eigenvalue weighted by molar-refractivity contribution is -0.129. The summed E-state index contributed by atoms with van der Waals surface area (Å²) < 4.78 is 1.95. The quantitative estimate of drug-likeness (QED) is 0.495. The van der Waals surface area contributed by atoms with E-state index < -0.39 is 18.0 Å². The first-order valence-electron chi connectivity index (χ1n) is 8.47. The number of rotatable bonds is 6. The van der Waals surface area contributed by atoms with Crippen molar-refractivity contribution >= 4 is 28.5 Å². The number of carboxylic acids is 1. The smallest absolute Gasteiger partial charge is 0.335 e. The number of nitrogens with one attached hydrogen (secondary N) is 1. The van der Waals surface area contributed by atoms with Crippen molar-refractivity contribution < 1.29 is 19.8 Å². The number of carbonyl (C=O) groups is 2. The predicted molar refractivity (Wildman–Crippen MR) is 102 cm³/mol. The van der Waals surface area contributed by atoms with Crippen molar-refractivity contribution in [3.8, 4) is 0 Å². The monoisotopic (exact) mass is 367 g/mol. The summed E-state index contributed by atoms with van der Waals surface area (Å²) >= 11 is 0. The van der Waals surface area contributed by atoms with Gasteiger partial charge in [0.25, 0.3) is 0 Å². The Balaban J connectivity index is 1.68. The van der Waals surface area contributed by atoms with Crippen molar-refractivity contribution in [2.75, 3.05) is 5.73 Å². The van der Waals surface area contributed by atoms with Crippen LogP contribution in [0.15, 0.2) is 48.7 Å². The van der Waals surface area contributed by atoms with Crippen molar-refractivity contribution in [3.63, 3.8) is 0 Å². The summed E-state index contributed by atoms with van der Waals surface area (Å²) in [6.07, 6.45) is 0.854. The fraction of sp³-hybridized carbons (Fsp3) is 0.200. The highest BCUT2D eigenvalue weighted by atomic mass is 16.4. The number of anilines is 1. The molecule has 0 saturated carbocycles. The van der Waals surface area contributed by atoms with Gasteiger partial charge in [0.1, 0.15) is 6.10 Å². The van der Waals surface area contributed by atoms with Gasteiger partial charge < -0.3 is 25.8 Å². The first kappa shape index (κ1) is 18.5. The summed E-state index contributed by atoms with van der Waals surface area (Å²) in [7, 11) is 1.91. The lowest BCUT2D eigenvalue weighted by Gasteiger charge is -2.12. The van der Waals surface area contributed by atoms with Gasteiger partial charge in [-0.25, -0.2) is 4.79 Å². The van der Waals surface area contributed by atoms with E-state index >= 15 is 0 Å². The first-order valence-corrected chi connectivity index (χ1v) is 8.47. The number of benzene rings is 2. The van der Waals surface area contributed by atoms with Crippen molar-refractivity contribution in [2.45, 2.75) is 19.1 Å². The molecular formula is C20H21N3O4. The Kier molecular flexibility index (Phi) is 5.14. The summed E-state index contributed by atoms with van der Waals surface area (Å²) in [5, 5.41) is 22.9. The number of carbonyl (C=O) groups excluding carboxylic acids is 1. The minimum Gasteiger partial charge on any atom is -0.478 e. The minimum absolute atomic E-state index is 0.0401. The number of carboxylic acid groups (broad SMARTS) is 1. The first-order chi connectivity index (χ1) is 12.9. The molecule has 0 aliphatic carbocycles. The van der Waals surface area contributed by atoms with Crippen LogP contribution in [0.3, 0.4) is 0 Å². The minimum atomic E-state index is -1.22. The van der Waals surface area contributed by atoms with Crippen LogP contribution in [0.5, 0.6) is 0 Å². The van der Waals surface area contributed by atoms with E-state index in [1.807, 2.05) is 42.1 Å². The van der Waals surface area contributed by atoms with Crippen LogP contribution in [0.25, 0.3) is 10.9 Å². The summed E-state index contributed by atoms with van der Waals surface area (Å²) in [5.74, 6) is -1.61. The molecule has 0 aliphatic heterocycles. The van der Waals surface area contributed by atoms with Crippen LogP contribution in [0.4, 0.5) is 5.69 Å². The van der Waals surface area contributed by atoms with Crippen LogP contribution in [-0.4, -0.2) is 32.8 Å². The average molecular weight is 367 g/mol. The van der Waals surface area contributed by atoms with Gasteiger partial charge in [-0.15, -0.1) is 0 Å². The molecule has 0 aliphatic rings. The molecule has 1 aromatic heterocycles. The Labute approximate surface area is 156 Å². The molecule has 140 valence electrons. The Morgan fingerprint density at radius 1 is 1.19 bits per heavy atom. The summed E-state index contributed by atoms with van der Waals surface area (Å²) in [5.41, 5.74) is 8.69. The number of aryl methyl sites for hydroxylation is 1. The predicted octanol–water partition coefficient (Wildman–Crippen LogP) is 1.68. The van der Waals surface area contributed by atoms with Gasteiger partial charge in [0.15, 0.2) is 0 Å². The van der Waals surface area contributed by atoms with E-state index in [4.69, 9.17) is 10.8 Å². The SMILES string of the molecule is Cn1cc(CC(O)C(=O)NCc2cc(C(=O)O)ccc2N)c2ccccc21. The normalized spacial score (nSPS) is 12.1. The second-order valence-electron chi connectivity index (χ2n) is 6.44. The molecule has 3 aromatic rings. The van der Waals surface area contributed by atoms with Crippen molar-refractivity contribution in [3.05, 3.63) is 65.4 Å². The van der Waals surface area contributed by atoms with Crippen LogP contribution < -0.4 is 11.1 Å². The van der Waals surface area contributed by atoms with E-state index in [0.29, 0.717) is 11.3 Å². The number of nitrogens with two attached hydrogens (primary N) is 1. The van der Waals surface area contributed by atoms with Crippen LogP contribution in [0.1, 0.15) is 21.5 Å². The molecule has 0 bridgehead atoms. The van der Waals surface area contributed by atoms with Crippen molar-refractivity contribution in [2.24, 2.45) is 7.05 Å². The van der Waals surface area contributed by atoms with Crippen LogP contribution >= 0.6 is 0 Å². The third-order valence-electron chi connectivity index (χ3n) is 4.54. The fourth-order valence-corrected chi connectivity index (χ4v) is 3.08. The fourth-order valence-electron chi connectivity index (χ4n) is 3.08. The third kappa shape index (κ3) is 3.93. The number of nitrogen functional groups attached to an aromatic ring is 1. The maximum atomic E-state index is 12.3. The Morgan fingerprint density at radius 3 is 2.67 bits per heavy atom. The molecule has 2 aromatic carbocycles. The molecule has 3 rings (SSSR count). The Hall–Kier alpha value is -3.32. The second kappa shape index (κ2) is 7.51. The van der Waals surface area contributed by atoms with Gasteiger partial charge in [-0.05, 0) is 35.4 Å². The van der Waals surface area contributed by atoms with Gasteiger partial charge in [0.2, 0.25) is 5.91 Å². The molecule has 0 saturated heterocycles. The number of para-hydroxylation sites is 1. The molecular weight excluding hydrogens is 346 g/mol. The largest absolute Gasteiger partial charge is 0.478 e. The van der Waals surface area contributed by atoms with E-state index in [1.165, 1.54) is 18.2 Å². The van der Waals surface area contributed by atoms with E-state index in [-0.39, 0.29) is 18.5 Å². The standard InChI is InChI=1S/C20H21N3O4/c1-23-11-14(15-4-2-3-5-17(15)23)9-18(24)19(25)22-10-13-8-12(20(26)27)6-7-16(13)21/h2-8,11,18,24H,9-10,21H2,1H3,(H,22,25)(H,26,27). The van der Waals surface area contributed by atoms with Crippen LogP contribution in [-0.2, 0) is 24.8 Å². The number of aliphatic hydroxyl groups excluding tert-OH is 1. The molecule has 0 fully saturated rings. The highest BCUT2D eigenvalue weighted by Crippen LogP contribution is 2.21. The Morgan fingerprint density at radius 2 is 1.93 bits per heavy atom. The molecule has 0 spiro atoms. The number of nitrogens with zero attached hydrogens (tertiary/aromatic N) is 1. The maximum absolute atomic E-state index is 12.3. The molecule has 1 heterocycles.